The summed E-state index contributed by atoms with van der Waals surface area (Å²) >= 11 is 0. The molecule has 0 aromatic rings. The maximum atomic E-state index is 2.39. The lowest BCUT2D eigenvalue weighted by atomic mass is 9.98. The Hall–Kier alpha value is 0. The fourth-order valence-electron chi connectivity index (χ4n) is 1.44. The van der Waals surface area contributed by atoms with E-state index in [9.17, 15) is 0 Å². The maximum absolute atomic E-state index is 2.39. The molecule has 0 N–H and O–H groups in total. The molecule has 0 fully saturated rings. The predicted molar refractivity (Wildman–Crippen MR) is 52.8 cm³/mol. The van der Waals surface area contributed by atoms with Crippen molar-refractivity contribution in [2.24, 2.45) is 5.92 Å². The van der Waals surface area contributed by atoms with Crippen molar-refractivity contribution in [1.82, 2.24) is 0 Å². The van der Waals surface area contributed by atoms with E-state index in [2.05, 4.69) is 20.8 Å². The molecule has 0 heteroatoms. The minimum atomic E-state index is 0.974. The third-order valence-corrected chi connectivity index (χ3v) is 2.35. The monoisotopic (exact) mass is 156 g/mol. The van der Waals surface area contributed by atoms with Crippen LogP contribution in [0.15, 0.2) is 0 Å². The number of hydrogen-bond donors (Lipinski definition) is 0. The van der Waals surface area contributed by atoms with Crippen LogP contribution in [-0.2, 0) is 0 Å². The van der Waals surface area contributed by atoms with E-state index in [-0.39, 0.29) is 0 Å². The molecule has 1 atom stereocenters. The maximum Gasteiger partial charge on any atom is -0.0443 e. The normalized spacial score (nSPS) is 13.4. The smallest absolute Gasteiger partial charge is 0.0443 e. The molecule has 0 bridgehead atoms. The summed E-state index contributed by atoms with van der Waals surface area (Å²) in [6.07, 6.45) is 9.91. The first-order chi connectivity index (χ1) is 5.31. The van der Waals surface area contributed by atoms with Gasteiger partial charge in [0.25, 0.3) is 0 Å². The zero-order valence-corrected chi connectivity index (χ0v) is 8.53. The SMILES string of the molecule is CCCCC[C@@H](C)CCCC. The van der Waals surface area contributed by atoms with Crippen molar-refractivity contribution in [2.75, 3.05) is 0 Å². The second kappa shape index (κ2) is 8.10. The number of unbranched alkanes of at least 4 members (excludes halogenated alkanes) is 3. The van der Waals surface area contributed by atoms with Crippen molar-refractivity contribution in [1.29, 1.82) is 0 Å². The fourth-order valence-corrected chi connectivity index (χ4v) is 1.44. The highest BCUT2D eigenvalue weighted by atomic mass is 14.1. The summed E-state index contributed by atoms with van der Waals surface area (Å²) in [5.41, 5.74) is 0. The summed E-state index contributed by atoms with van der Waals surface area (Å²) in [6, 6.07) is 0. The quantitative estimate of drug-likeness (QED) is 0.479. The standard InChI is InChI=1S/C11H24/c1-4-6-8-10-11(3)9-7-5-2/h11H,4-10H2,1-3H3/t11-/m0/s1. The predicted octanol–water partition coefficient (Wildman–Crippen LogP) is 4.39. The molecule has 68 valence electrons. The van der Waals surface area contributed by atoms with E-state index in [4.69, 9.17) is 0 Å². The van der Waals surface area contributed by atoms with Gasteiger partial charge in [0.2, 0.25) is 0 Å². The van der Waals surface area contributed by atoms with Crippen LogP contribution in [0.2, 0.25) is 0 Å². The first-order valence-electron chi connectivity index (χ1n) is 5.31. The first kappa shape index (κ1) is 11.0. The molecule has 0 spiro atoms. The lowest BCUT2D eigenvalue weighted by Crippen LogP contribution is -1.93. The molecular weight excluding hydrogens is 132 g/mol. The molecule has 0 aromatic carbocycles. The molecule has 0 aliphatic rings. The number of rotatable bonds is 7. The van der Waals surface area contributed by atoms with Crippen LogP contribution < -0.4 is 0 Å². The van der Waals surface area contributed by atoms with Gasteiger partial charge in [-0.2, -0.15) is 0 Å². The highest BCUT2D eigenvalue weighted by molar-refractivity contribution is 4.53. The van der Waals surface area contributed by atoms with Gasteiger partial charge in [-0.25, -0.2) is 0 Å². The van der Waals surface area contributed by atoms with Crippen molar-refractivity contribution < 1.29 is 0 Å². The van der Waals surface area contributed by atoms with E-state index in [0.29, 0.717) is 0 Å². The second-order valence-corrected chi connectivity index (χ2v) is 3.74. The Morgan fingerprint density at radius 2 is 1.36 bits per heavy atom. The topological polar surface area (TPSA) is 0 Å². The lowest BCUT2D eigenvalue weighted by Gasteiger charge is -2.09. The number of hydrogen-bond acceptors (Lipinski definition) is 0. The van der Waals surface area contributed by atoms with Crippen molar-refractivity contribution in [2.45, 2.75) is 65.7 Å². The minimum absolute atomic E-state index is 0.974. The van der Waals surface area contributed by atoms with Crippen LogP contribution in [0.5, 0.6) is 0 Å². The van der Waals surface area contributed by atoms with E-state index in [1.807, 2.05) is 0 Å². The molecule has 0 heterocycles. The Morgan fingerprint density at radius 3 is 1.91 bits per heavy atom. The van der Waals surface area contributed by atoms with E-state index < -0.39 is 0 Å². The van der Waals surface area contributed by atoms with Crippen molar-refractivity contribution in [3.05, 3.63) is 0 Å². The van der Waals surface area contributed by atoms with Crippen molar-refractivity contribution >= 4 is 0 Å². The average molecular weight is 156 g/mol. The van der Waals surface area contributed by atoms with Gasteiger partial charge in [-0.05, 0) is 5.92 Å². The molecule has 0 aliphatic heterocycles. The van der Waals surface area contributed by atoms with Gasteiger partial charge in [-0.1, -0.05) is 65.7 Å². The summed E-state index contributed by atoms with van der Waals surface area (Å²) < 4.78 is 0. The van der Waals surface area contributed by atoms with Crippen LogP contribution in [0, 0.1) is 5.92 Å². The molecule has 0 aliphatic carbocycles. The summed E-state index contributed by atoms with van der Waals surface area (Å²) in [5, 5.41) is 0. The van der Waals surface area contributed by atoms with Gasteiger partial charge >= 0.3 is 0 Å². The molecule has 11 heavy (non-hydrogen) atoms. The van der Waals surface area contributed by atoms with Crippen LogP contribution >= 0.6 is 0 Å². The Morgan fingerprint density at radius 1 is 0.818 bits per heavy atom. The zero-order valence-electron chi connectivity index (χ0n) is 8.53. The lowest BCUT2D eigenvalue weighted by molar-refractivity contribution is 0.448. The second-order valence-electron chi connectivity index (χ2n) is 3.74. The first-order valence-corrected chi connectivity index (χ1v) is 5.31. The summed E-state index contributed by atoms with van der Waals surface area (Å²) in [4.78, 5) is 0. The Labute approximate surface area is 72.4 Å². The summed E-state index contributed by atoms with van der Waals surface area (Å²) in [7, 11) is 0. The third kappa shape index (κ3) is 7.90. The van der Waals surface area contributed by atoms with Gasteiger partial charge in [0.15, 0.2) is 0 Å². The Kier molecular flexibility index (Phi) is 8.10. The van der Waals surface area contributed by atoms with E-state index in [1.54, 1.807) is 0 Å². The molecule has 0 aromatic heterocycles. The van der Waals surface area contributed by atoms with Gasteiger partial charge in [0.05, 0.1) is 0 Å². The molecule has 0 amide bonds. The van der Waals surface area contributed by atoms with Gasteiger partial charge in [0.1, 0.15) is 0 Å². The van der Waals surface area contributed by atoms with Crippen LogP contribution in [0.3, 0.4) is 0 Å². The van der Waals surface area contributed by atoms with Gasteiger partial charge in [-0.15, -0.1) is 0 Å². The molecular formula is C11H24. The molecule has 0 saturated heterocycles. The zero-order chi connectivity index (χ0) is 8.53. The highest BCUT2D eigenvalue weighted by Crippen LogP contribution is 2.15. The van der Waals surface area contributed by atoms with Crippen LogP contribution in [0.25, 0.3) is 0 Å². The van der Waals surface area contributed by atoms with E-state index in [0.717, 1.165) is 5.92 Å². The molecule has 0 rings (SSSR count). The fraction of sp³-hybridized carbons (Fsp3) is 1.00. The Balaban J connectivity index is 3.02. The molecule has 0 nitrogen and oxygen atoms in total. The Bertz CT molecular complexity index is 66.4. The summed E-state index contributed by atoms with van der Waals surface area (Å²) in [5.74, 6) is 0.974. The van der Waals surface area contributed by atoms with E-state index in [1.165, 1.54) is 44.9 Å². The molecule has 0 saturated carbocycles. The van der Waals surface area contributed by atoms with E-state index >= 15 is 0 Å². The minimum Gasteiger partial charge on any atom is -0.0654 e. The third-order valence-electron chi connectivity index (χ3n) is 2.35. The van der Waals surface area contributed by atoms with Crippen molar-refractivity contribution in [3.63, 3.8) is 0 Å². The largest absolute Gasteiger partial charge is 0.0654 e. The summed E-state index contributed by atoms with van der Waals surface area (Å²) in [6.45, 7) is 6.95. The van der Waals surface area contributed by atoms with Gasteiger partial charge in [0, 0.05) is 0 Å². The highest BCUT2D eigenvalue weighted by Gasteiger charge is 1.99. The molecule has 0 radical (unpaired) electrons. The van der Waals surface area contributed by atoms with Gasteiger partial charge < -0.3 is 0 Å². The molecule has 0 unspecified atom stereocenters. The van der Waals surface area contributed by atoms with Gasteiger partial charge in [-0.3, -0.25) is 0 Å². The average Bonchev–Trinajstić information content (AvgIpc) is 2.01. The van der Waals surface area contributed by atoms with Crippen LogP contribution in [0.1, 0.15) is 65.7 Å². The van der Waals surface area contributed by atoms with Crippen molar-refractivity contribution in [3.8, 4) is 0 Å². The van der Waals surface area contributed by atoms with Crippen LogP contribution in [0.4, 0.5) is 0 Å². The van der Waals surface area contributed by atoms with Crippen LogP contribution in [-0.4, -0.2) is 0 Å².